The summed E-state index contributed by atoms with van der Waals surface area (Å²) < 4.78 is 24.4. The molecule has 0 unspecified atom stereocenters. The van der Waals surface area contributed by atoms with E-state index in [2.05, 4.69) is 15.5 Å². The summed E-state index contributed by atoms with van der Waals surface area (Å²) in [6, 6.07) is 13.5. The number of aromatic nitrogens is 2. The molecule has 7 heteroatoms. The van der Waals surface area contributed by atoms with Crippen LogP contribution in [0.25, 0.3) is 22.1 Å². The monoisotopic (exact) mass is 405 g/mol. The van der Waals surface area contributed by atoms with Gasteiger partial charge in [0.15, 0.2) is 0 Å². The summed E-state index contributed by atoms with van der Waals surface area (Å²) in [6.45, 7) is 0.451. The van der Waals surface area contributed by atoms with Crippen molar-refractivity contribution in [1.82, 2.24) is 10.2 Å². The van der Waals surface area contributed by atoms with Crippen molar-refractivity contribution in [1.29, 1.82) is 0 Å². The Bertz CT molecular complexity index is 1240. The number of nitrogens with one attached hydrogen (secondary N) is 1. The molecule has 0 bridgehead atoms. The average molecular weight is 405 g/mol. The topological polar surface area (TPSA) is 81.2 Å². The van der Waals surface area contributed by atoms with Crippen molar-refractivity contribution in [2.24, 2.45) is 0 Å². The largest absolute Gasteiger partial charge is 0.423 e. The zero-order valence-corrected chi connectivity index (χ0v) is 16.2. The molecule has 2 aromatic carbocycles. The highest BCUT2D eigenvalue weighted by Gasteiger charge is 2.22. The summed E-state index contributed by atoms with van der Waals surface area (Å²) in [7, 11) is 0. The van der Waals surface area contributed by atoms with Gasteiger partial charge in [0, 0.05) is 23.9 Å². The lowest BCUT2D eigenvalue weighted by atomic mass is 10.0. The number of hydrogen-bond donors (Lipinski definition) is 1. The van der Waals surface area contributed by atoms with E-state index in [1.54, 1.807) is 12.1 Å². The summed E-state index contributed by atoms with van der Waals surface area (Å²) in [4.78, 5) is 12.1. The lowest BCUT2D eigenvalue weighted by molar-refractivity contribution is 0.457. The molecule has 0 atom stereocenters. The molecule has 6 nitrogen and oxygen atoms in total. The summed E-state index contributed by atoms with van der Waals surface area (Å²) in [5.41, 5.74) is 2.38. The maximum atomic E-state index is 13.3. The van der Waals surface area contributed by atoms with Crippen LogP contribution in [0.4, 0.5) is 10.4 Å². The molecular formula is C23H20FN3O3. The predicted molar refractivity (Wildman–Crippen MR) is 111 cm³/mol. The van der Waals surface area contributed by atoms with Crippen LogP contribution < -0.4 is 10.9 Å². The van der Waals surface area contributed by atoms with Gasteiger partial charge >= 0.3 is 11.6 Å². The summed E-state index contributed by atoms with van der Waals surface area (Å²) in [6.07, 6.45) is 4.61. The standard InChI is InChI=1S/C23H20FN3O3/c24-17-8-6-15(7-9-17)19-12-21(28)29-20-11-14(5-10-18(19)20)13-25-23-27-26-22(30-23)16-3-1-2-4-16/h5-12,16H,1-4,13H2,(H,25,27). The zero-order chi connectivity index (χ0) is 20.5. The molecule has 1 fully saturated rings. The molecule has 1 aliphatic rings. The van der Waals surface area contributed by atoms with Crippen molar-refractivity contribution in [3.8, 4) is 11.1 Å². The maximum absolute atomic E-state index is 13.3. The van der Waals surface area contributed by atoms with Crippen LogP contribution >= 0.6 is 0 Å². The normalized spacial score (nSPS) is 14.4. The van der Waals surface area contributed by atoms with Crippen LogP contribution in [-0.4, -0.2) is 10.2 Å². The number of anilines is 1. The van der Waals surface area contributed by atoms with E-state index in [0.717, 1.165) is 29.4 Å². The Hall–Kier alpha value is -3.48. The van der Waals surface area contributed by atoms with E-state index in [1.807, 2.05) is 18.2 Å². The Morgan fingerprint density at radius 1 is 1.00 bits per heavy atom. The van der Waals surface area contributed by atoms with Gasteiger partial charge in [-0.15, -0.1) is 5.10 Å². The second-order valence-electron chi connectivity index (χ2n) is 7.60. The summed E-state index contributed by atoms with van der Waals surface area (Å²) >= 11 is 0. The molecule has 0 radical (unpaired) electrons. The molecule has 152 valence electrons. The third kappa shape index (κ3) is 3.70. The first-order chi connectivity index (χ1) is 14.7. The van der Waals surface area contributed by atoms with Gasteiger partial charge in [0.1, 0.15) is 11.4 Å². The minimum atomic E-state index is -0.454. The quantitative estimate of drug-likeness (QED) is 0.457. The van der Waals surface area contributed by atoms with Gasteiger partial charge in [0.25, 0.3) is 0 Å². The fourth-order valence-corrected chi connectivity index (χ4v) is 4.01. The van der Waals surface area contributed by atoms with E-state index in [1.165, 1.54) is 31.0 Å². The van der Waals surface area contributed by atoms with E-state index in [0.29, 0.717) is 35.5 Å². The van der Waals surface area contributed by atoms with Crippen LogP contribution in [-0.2, 0) is 6.54 Å². The summed E-state index contributed by atoms with van der Waals surface area (Å²) in [5, 5.41) is 12.2. The van der Waals surface area contributed by atoms with Crippen molar-refractivity contribution in [3.05, 3.63) is 76.2 Å². The lowest BCUT2D eigenvalue weighted by Crippen LogP contribution is -2.02. The van der Waals surface area contributed by atoms with Gasteiger partial charge in [0.05, 0.1) is 0 Å². The minimum Gasteiger partial charge on any atom is -0.423 e. The molecule has 2 heterocycles. The van der Waals surface area contributed by atoms with Gasteiger partial charge in [-0.2, -0.15) is 0 Å². The molecule has 4 aromatic rings. The van der Waals surface area contributed by atoms with Crippen LogP contribution in [0, 0.1) is 5.82 Å². The average Bonchev–Trinajstić information content (AvgIpc) is 3.44. The molecule has 30 heavy (non-hydrogen) atoms. The zero-order valence-electron chi connectivity index (χ0n) is 16.2. The fraction of sp³-hybridized carbons (Fsp3) is 0.261. The third-order valence-corrected chi connectivity index (χ3v) is 5.55. The van der Waals surface area contributed by atoms with Gasteiger partial charge in [-0.25, -0.2) is 9.18 Å². The Morgan fingerprint density at radius 2 is 1.80 bits per heavy atom. The smallest absolute Gasteiger partial charge is 0.336 e. The Labute approximate surface area is 171 Å². The molecule has 0 saturated heterocycles. The van der Waals surface area contributed by atoms with Crippen molar-refractivity contribution in [2.75, 3.05) is 5.32 Å². The van der Waals surface area contributed by atoms with E-state index < -0.39 is 5.63 Å². The molecule has 0 amide bonds. The first-order valence-electron chi connectivity index (χ1n) is 10.1. The number of rotatable bonds is 5. The predicted octanol–water partition coefficient (Wildman–Crippen LogP) is 5.25. The van der Waals surface area contributed by atoms with E-state index >= 15 is 0 Å². The van der Waals surface area contributed by atoms with Gasteiger partial charge in [-0.1, -0.05) is 42.2 Å². The minimum absolute atomic E-state index is 0.323. The Morgan fingerprint density at radius 3 is 2.60 bits per heavy atom. The second kappa shape index (κ2) is 7.74. The van der Waals surface area contributed by atoms with Crippen LogP contribution in [0.3, 0.4) is 0 Å². The highest BCUT2D eigenvalue weighted by atomic mass is 19.1. The van der Waals surface area contributed by atoms with Crippen LogP contribution in [0.1, 0.15) is 43.1 Å². The van der Waals surface area contributed by atoms with Crippen molar-refractivity contribution in [2.45, 2.75) is 38.1 Å². The number of nitrogens with zero attached hydrogens (tertiary/aromatic N) is 2. The van der Waals surface area contributed by atoms with Gasteiger partial charge in [-0.3, -0.25) is 0 Å². The van der Waals surface area contributed by atoms with Gasteiger partial charge < -0.3 is 14.2 Å². The van der Waals surface area contributed by atoms with E-state index in [9.17, 15) is 9.18 Å². The molecular weight excluding hydrogens is 385 g/mol. The Kier molecular flexibility index (Phi) is 4.78. The fourth-order valence-electron chi connectivity index (χ4n) is 4.01. The number of hydrogen-bond acceptors (Lipinski definition) is 6. The number of benzene rings is 2. The first-order valence-corrected chi connectivity index (χ1v) is 10.1. The van der Waals surface area contributed by atoms with Crippen molar-refractivity contribution >= 4 is 17.0 Å². The van der Waals surface area contributed by atoms with Crippen LogP contribution in [0.15, 0.2) is 62.2 Å². The highest BCUT2D eigenvalue weighted by molar-refractivity contribution is 5.93. The number of halogens is 1. The molecule has 2 aromatic heterocycles. The summed E-state index contributed by atoms with van der Waals surface area (Å²) in [5.74, 6) is 0.743. The molecule has 1 saturated carbocycles. The van der Waals surface area contributed by atoms with E-state index in [4.69, 9.17) is 8.83 Å². The van der Waals surface area contributed by atoms with Crippen LogP contribution in [0.5, 0.6) is 0 Å². The second-order valence-corrected chi connectivity index (χ2v) is 7.60. The molecule has 1 N–H and O–H groups in total. The lowest BCUT2D eigenvalue weighted by Gasteiger charge is -2.08. The van der Waals surface area contributed by atoms with Crippen LogP contribution in [0.2, 0.25) is 0 Å². The maximum Gasteiger partial charge on any atom is 0.336 e. The molecule has 1 aliphatic carbocycles. The number of fused-ring (bicyclic) bond motifs is 1. The van der Waals surface area contributed by atoms with Gasteiger partial charge in [-0.05, 0) is 47.7 Å². The Balaban J connectivity index is 1.38. The first kappa shape index (κ1) is 18.5. The third-order valence-electron chi connectivity index (χ3n) is 5.55. The van der Waals surface area contributed by atoms with E-state index in [-0.39, 0.29) is 5.82 Å². The molecule has 0 spiro atoms. The molecule has 5 rings (SSSR count). The highest BCUT2D eigenvalue weighted by Crippen LogP contribution is 2.34. The van der Waals surface area contributed by atoms with Crippen molar-refractivity contribution < 1.29 is 13.2 Å². The SMILES string of the molecule is O=c1cc(-c2ccc(F)cc2)c2ccc(CNc3nnc(C4CCCC4)o3)cc2o1. The van der Waals surface area contributed by atoms with Crippen molar-refractivity contribution in [3.63, 3.8) is 0 Å². The molecule has 0 aliphatic heterocycles. The van der Waals surface area contributed by atoms with Gasteiger partial charge in [0.2, 0.25) is 5.89 Å².